The molecular formula is C16H13ClN2O2. The highest BCUT2D eigenvalue weighted by Crippen LogP contribution is 2.22. The summed E-state index contributed by atoms with van der Waals surface area (Å²) in [6.07, 6.45) is 0. The lowest BCUT2D eigenvalue weighted by Gasteiger charge is -2.07. The fourth-order valence-corrected chi connectivity index (χ4v) is 1.89. The topological polar surface area (TPSA) is 75.3 Å². The van der Waals surface area contributed by atoms with Gasteiger partial charge in [0.1, 0.15) is 5.75 Å². The van der Waals surface area contributed by atoms with E-state index in [1.807, 2.05) is 6.07 Å². The molecule has 0 spiro atoms. The zero-order chi connectivity index (χ0) is 15.2. The number of hydrogen-bond donors (Lipinski definition) is 3. The quantitative estimate of drug-likeness (QED) is 0.746. The van der Waals surface area contributed by atoms with Crippen LogP contribution in [0.25, 0.3) is 0 Å². The molecule has 0 saturated heterocycles. The van der Waals surface area contributed by atoms with Crippen LogP contribution >= 0.6 is 11.6 Å². The van der Waals surface area contributed by atoms with Gasteiger partial charge in [-0.2, -0.15) is 0 Å². The van der Waals surface area contributed by atoms with Crippen molar-refractivity contribution in [1.29, 1.82) is 0 Å². The zero-order valence-electron chi connectivity index (χ0n) is 11.1. The summed E-state index contributed by atoms with van der Waals surface area (Å²) < 4.78 is 0. The molecule has 21 heavy (non-hydrogen) atoms. The summed E-state index contributed by atoms with van der Waals surface area (Å²) in [6.45, 7) is 0.271. The van der Waals surface area contributed by atoms with Gasteiger partial charge in [-0.1, -0.05) is 29.5 Å². The van der Waals surface area contributed by atoms with E-state index < -0.39 is 5.91 Å². The van der Waals surface area contributed by atoms with Crippen molar-refractivity contribution in [3.05, 3.63) is 58.6 Å². The van der Waals surface area contributed by atoms with Crippen LogP contribution in [-0.4, -0.2) is 17.6 Å². The van der Waals surface area contributed by atoms with Crippen LogP contribution < -0.4 is 11.1 Å². The van der Waals surface area contributed by atoms with E-state index >= 15 is 0 Å². The average Bonchev–Trinajstić information content (AvgIpc) is 2.48. The highest BCUT2D eigenvalue weighted by molar-refractivity contribution is 6.31. The van der Waals surface area contributed by atoms with Crippen molar-refractivity contribution in [1.82, 2.24) is 0 Å². The molecule has 2 rings (SSSR count). The SMILES string of the molecule is NCC#Cc1cccc(NC(=O)c2cc(Cl)ccc2O)c1. The normalized spacial score (nSPS) is 9.62. The lowest BCUT2D eigenvalue weighted by molar-refractivity contribution is 0.102. The number of hydrogen-bond acceptors (Lipinski definition) is 3. The van der Waals surface area contributed by atoms with E-state index in [4.69, 9.17) is 17.3 Å². The smallest absolute Gasteiger partial charge is 0.259 e. The van der Waals surface area contributed by atoms with Gasteiger partial charge >= 0.3 is 0 Å². The number of amides is 1. The number of halogens is 1. The fraction of sp³-hybridized carbons (Fsp3) is 0.0625. The molecule has 0 aliphatic heterocycles. The number of nitrogens with one attached hydrogen (secondary N) is 1. The molecule has 0 radical (unpaired) electrons. The molecular weight excluding hydrogens is 288 g/mol. The van der Waals surface area contributed by atoms with E-state index in [9.17, 15) is 9.90 Å². The standard InChI is InChI=1S/C16H13ClN2O2/c17-12-6-7-15(20)14(10-12)16(21)19-13-5-1-3-11(9-13)4-2-8-18/h1,3,5-7,9-10,20H,8,18H2,(H,19,21). The van der Waals surface area contributed by atoms with Crippen LogP contribution in [0.1, 0.15) is 15.9 Å². The van der Waals surface area contributed by atoms with E-state index in [2.05, 4.69) is 17.2 Å². The summed E-state index contributed by atoms with van der Waals surface area (Å²) >= 11 is 5.83. The molecule has 0 atom stereocenters. The summed E-state index contributed by atoms with van der Waals surface area (Å²) in [5.41, 5.74) is 6.75. The molecule has 1 amide bonds. The molecule has 2 aromatic rings. The minimum Gasteiger partial charge on any atom is -0.507 e. The number of aromatic hydroxyl groups is 1. The second kappa shape index (κ2) is 6.80. The number of rotatable bonds is 2. The first-order chi connectivity index (χ1) is 10.1. The summed E-state index contributed by atoms with van der Waals surface area (Å²) in [5, 5.41) is 12.8. The van der Waals surface area contributed by atoms with Crippen LogP contribution in [0.15, 0.2) is 42.5 Å². The third-order valence-corrected chi connectivity index (χ3v) is 2.89. The van der Waals surface area contributed by atoms with Crippen molar-refractivity contribution in [2.45, 2.75) is 0 Å². The van der Waals surface area contributed by atoms with Crippen LogP contribution in [0.4, 0.5) is 5.69 Å². The van der Waals surface area contributed by atoms with Gasteiger partial charge in [0, 0.05) is 16.3 Å². The maximum Gasteiger partial charge on any atom is 0.259 e. The highest BCUT2D eigenvalue weighted by Gasteiger charge is 2.12. The molecule has 0 aliphatic rings. The third kappa shape index (κ3) is 3.99. The van der Waals surface area contributed by atoms with Crippen LogP contribution in [0.2, 0.25) is 5.02 Å². The summed E-state index contributed by atoms with van der Waals surface area (Å²) in [5.74, 6) is 5.05. The van der Waals surface area contributed by atoms with Gasteiger partial charge in [0.05, 0.1) is 12.1 Å². The molecule has 4 N–H and O–H groups in total. The predicted octanol–water partition coefficient (Wildman–Crippen LogP) is 2.61. The molecule has 0 heterocycles. The molecule has 0 bridgehead atoms. The Morgan fingerprint density at radius 2 is 2.10 bits per heavy atom. The molecule has 0 saturated carbocycles. The van der Waals surface area contributed by atoms with Crippen molar-refractivity contribution < 1.29 is 9.90 Å². The first kappa shape index (κ1) is 14.9. The Balaban J connectivity index is 2.21. The number of carbonyl (C=O) groups excluding carboxylic acids is 1. The Morgan fingerprint density at radius 1 is 1.29 bits per heavy atom. The second-order valence-electron chi connectivity index (χ2n) is 4.20. The number of nitrogens with two attached hydrogens (primary N) is 1. The van der Waals surface area contributed by atoms with E-state index in [0.717, 1.165) is 5.56 Å². The average molecular weight is 301 g/mol. The Hall–Kier alpha value is -2.48. The van der Waals surface area contributed by atoms with Gasteiger partial charge in [0.2, 0.25) is 0 Å². The Morgan fingerprint density at radius 3 is 2.86 bits per heavy atom. The summed E-state index contributed by atoms with van der Waals surface area (Å²) in [7, 11) is 0. The van der Waals surface area contributed by atoms with Gasteiger partial charge < -0.3 is 16.2 Å². The van der Waals surface area contributed by atoms with Crippen LogP contribution in [0.3, 0.4) is 0 Å². The van der Waals surface area contributed by atoms with Gasteiger partial charge in [-0.25, -0.2) is 0 Å². The Labute approximate surface area is 127 Å². The van der Waals surface area contributed by atoms with Crippen LogP contribution in [0.5, 0.6) is 5.75 Å². The summed E-state index contributed by atoms with van der Waals surface area (Å²) in [4.78, 5) is 12.1. The first-order valence-corrected chi connectivity index (χ1v) is 6.57. The van der Waals surface area contributed by atoms with Crippen molar-refractivity contribution in [2.75, 3.05) is 11.9 Å². The van der Waals surface area contributed by atoms with Gasteiger partial charge in [0.25, 0.3) is 5.91 Å². The van der Waals surface area contributed by atoms with Crippen LogP contribution in [0, 0.1) is 11.8 Å². The van der Waals surface area contributed by atoms with E-state index in [1.165, 1.54) is 18.2 Å². The largest absolute Gasteiger partial charge is 0.507 e. The molecule has 2 aromatic carbocycles. The maximum atomic E-state index is 12.1. The number of carbonyl (C=O) groups is 1. The minimum absolute atomic E-state index is 0.112. The second-order valence-corrected chi connectivity index (χ2v) is 4.64. The maximum absolute atomic E-state index is 12.1. The summed E-state index contributed by atoms with van der Waals surface area (Å²) in [6, 6.07) is 11.3. The first-order valence-electron chi connectivity index (χ1n) is 6.19. The number of anilines is 1. The number of phenolic OH excluding ortho intramolecular Hbond substituents is 1. The van der Waals surface area contributed by atoms with Crippen molar-refractivity contribution in [3.8, 4) is 17.6 Å². The molecule has 0 aromatic heterocycles. The minimum atomic E-state index is -0.445. The molecule has 0 unspecified atom stereocenters. The monoisotopic (exact) mass is 300 g/mol. The third-order valence-electron chi connectivity index (χ3n) is 2.66. The number of benzene rings is 2. The van der Waals surface area contributed by atoms with E-state index in [1.54, 1.807) is 18.2 Å². The molecule has 4 nitrogen and oxygen atoms in total. The van der Waals surface area contributed by atoms with Crippen LogP contribution in [-0.2, 0) is 0 Å². The Bertz CT molecular complexity index is 733. The van der Waals surface area contributed by atoms with Crippen molar-refractivity contribution >= 4 is 23.2 Å². The van der Waals surface area contributed by atoms with Crippen molar-refractivity contribution in [3.63, 3.8) is 0 Å². The molecule has 106 valence electrons. The van der Waals surface area contributed by atoms with E-state index in [-0.39, 0.29) is 17.9 Å². The van der Waals surface area contributed by atoms with Gasteiger partial charge in [-0.15, -0.1) is 0 Å². The fourth-order valence-electron chi connectivity index (χ4n) is 1.72. The van der Waals surface area contributed by atoms with Gasteiger partial charge in [-0.05, 0) is 36.4 Å². The predicted molar refractivity (Wildman–Crippen MR) is 83.4 cm³/mol. The Kier molecular flexibility index (Phi) is 4.83. The van der Waals surface area contributed by atoms with Gasteiger partial charge in [0.15, 0.2) is 0 Å². The molecule has 0 aliphatic carbocycles. The highest BCUT2D eigenvalue weighted by atomic mass is 35.5. The molecule has 5 heteroatoms. The lowest BCUT2D eigenvalue weighted by atomic mass is 10.1. The molecule has 0 fully saturated rings. The van der Waals surface area contributed by atoms with Crippen molar-refractivity contribution in [2.24, 2.45) is 5.73 Å². The lowest BCUT2D eigenvalue weighted by Crippen LogP contribution is -2.12. The number of phenols is 1. The zero-order valence-corrected chi connectivity index (χ0v) is 11.8. The van der Waals surface area contributed by atoms with Gasteiger partial charge in [-0.3, -0.25) is 4.79 Å². The van der Waals surface area contributed by atoms with E-state index in [0.29, 0.717) is 10.7 Å².